The van der Waals surface area contributed by atoms with Gasteiger partial charge >= 0.3 is 0 Å². The van der Waals surface area contributed by atoms with E-state index in [4.69, 9.17) is 4.74 Å². The van der Waals surface area contributed by atoms with Gasteiger partial charge in [-0.1, -0.05) is 13.3 Å². The van der Waals surface area contributed by atoms with Crippen LogP contribution in [0.5, 0.6) is 0 Å². The second-order valence-electron chi connectivity index (χ2n) is 4.52. The van der Waals surface area contributed by atoms with Crippen LogP contribution in [0, 0.1) is 0 Å². The lowest BCUT2D eigenvalue weighted by Crippen LogP contribution is -2.34. The molecule has 1 N–H and O–H groups in total. The number of anilines is 1. The number of pyridine rings is 1. The largest absolute Gasteiger partial charge is 0.381 e. The Kier molecular flexibility index (Phi) is 4.80. The molecule has 0 spiro atoms. The molecular weight excluding hydrogens is 280 g/mol. The molecule has 2 rings (SSSR count). The van der Waals surface area contributed by atoms with Gasteiger partial charge in [-0.2, -0.15) is 0 Å². The first-order valence-electron chi connectivity index (χ1n) is 6.27. The van der Waals surface area contributed by atoms with Crippen LogP contribution in [0.25, 0.3) is 0 Å². The number of hydrogen-bond donors (Lipinski definition) is 1. The van der Waals surface area contributed by atoms with Crippen molar-refractivity contribution in [3.05, 3.63) is 22.9 Å². The van der Waals surface area contributed by atoms with Gasteiger partial charge in [-0.15, -0.1) is 0 Å². The van der Waals surface area contributed by atoms with Gasteiger partial charge in [-0.3, -0.25) is 0 Å². The Morgan fingerprint density at radius 3 is 3.12 bits per heavy atom. The molecule has 2 atom stereocenters. The molecule has 0 aliphatic carbocycles. The van der Waals surface area contributed by atoms with Crippen molar-refractivity contribution >= 4 is 21.6 Å². The normalized spacial score (nSPS) is 24.6. The Hall–Kier alpha value is -0.610. The van der Waals surface area contributed by atoms with Crippen molar-refractivity contribution in [3.8, 4) is 0 Å². The molecule has 1 saturated heterocycles. The van der Waals surface area contributed by atoms with Crippen molar-refractivity contribution in [2.75, 3.05) is 11.9 Å². The molecule has 94 valence electrons. The minimum absolute atomic E-state index is 0.426. The molecule has 0 amide bonds. The smallest absolute Gasteiger partial charge is 0.106 e. The van der Waals surface area contributed by atoms with Gasteiger partial charge in [0, 0.05) is 12.6 Å². The zero-order valence-electron chi connectivity index (χ0n) is 10.2. The molecule has 0 saturated carbocycles. The molecule has 2 unspecified atom stereocenters. The fourth-order valence-electron chi connectivity index (χ4n) is 2.23. The third-order valence-electron chi connectivity index (χ3n) is 3.08. The Morgan fingerprint density at radius 2 is 2.41 bits per heavy atom. The van der Waals surface area contributed by atoms with Crippen LogP contribution in [-0.4, -0.2) is 23.7 Å². The maximum atomic E-state index is 5.74. The van der Waals surface area contributed by atoms with Crippen molar-refractivity contribution in [1.29, 1.82) is 0 Å². The number of aromatic nitrogens is 1. The van der Waals surface area contributed by atoms with Crippen LogP contribution in [0.15, 0.2) is 22.9 Å². The zero-order chi connectivity index (χ0) is 12.1. The van der Waals surface area contributed by atoms with Crippen LogP contribution in [0.4, 0.5) is 5.69 Å². The van der Waals surface area contributed by atoms with Gasteiger partial charge in [-0.05, 0) is 47.3 Å². The molecule has 1 aromatic heterocycles. The van der Waals surface area contributed by atoms with Crippen LogP contribution in [0.3, 0.4) is 0 Å². The van der Waals surface area contributed by atoms with Crippen molar-refractivity contribution in [2.45, 2.75) is 44.8 Å². The zero-order valence-corrected chi connectivity index (χ0v) is 11.7. The molecule has 1 aromatic rings. The second kappa shape index (κ2) is 6.36. The minimum atomic E-state index is 0.426. The Balaban J connectivity index is 1.87. The quantitative estimate of drug-likeness (QED) is 0.863. The van der Waals surface area contributed by atoms with Gasteiger partial charge in [0.05, 0.1) is 18.0 Å². The van der Waals surface area contributed by atoms with Crippen LogP contribution in [-0.2, 0) is 4.74 Å². The van der Waals surface area contributed by atoms with Gasteiger partial charge in [-0.25, -0.2) is 4.98 Å². The second-order valence-corrected chi connectivity index (χ2v) is 5.33. The van der Waals surface area contributed by atoms with Crippen LogP contribution >= 0.6 is 15.9 Å². The number of ether oxygens (including phenoxy) is 1. The average molecular weight is 299 g/mol. The van der Waals surface area contributed by atoms with Crippen LogP contribution in [0.2, 0.25) is 0 Å². The highest BCUT2D eigenvalue weighted by Crippen LogP contribution is 2.21. The summed E-state index contributed by atoms with van der Waals surface area (Å²) in [4.78, 5) is 4.22. The summed E-state index contributed by atoms with van der Waals surface area (Å²) >= 11 is 3.34. The van der Waals surface area contributed by atoms with Crippen molar-refractivity contribution < 1.29 is 4.74 Å². The molecular formula is C13H19BrN2O. The fraction of sp³-hybridized carbons (Fsp3) is 0.615. The van der Waals surface area contributed by atoms with E-state index in [9.17, 15) is 0 Å². The molecule has 0 aromatic carbocycles. The van der Waals surface area contributed by atoms with Crippen molar-refractivity contribution in [3.63, 3.8) is 0 Å². The van der Waals surface area contributed by atoms with E-state index in [1.165, 1.54) is 6.42 Å². The lowest BCUT2D eigenvalue weighted by Gasteiger charge is -2.30. The number of nitrogens with zero attached hydrogens (tertiary/aromatic N) is 1. The van der Waals surface area contributed by atoms with E-state index in [2.05, 4.69) is 39.2 Å². The van der Waals surface area contributed by atoms with Gasteiger partial charge in [0.25, 0.3) is 0 Å². The summed E-state index contributed by atoms with van der Waals surface area (Å²) in [6.45, 7) is 3.07. The van der Waals surface area contributed by atoms with Crippen molar-refractivity contribution in [1.82, 2.24) is 4.98 Å². The molecule has 1 aliphatic heterocycles. The number of nitrogens with one attached hydrogen (secondary N) is 1. The van der Waals surface area contributed by atoms with Crippen LogP contribution in [0.1, 0.15) is 32.6 Å². The number of rotatable bonds is 4. The third-order valence-corrected chi connectivity index (χ3v) is 3.55. The van der Waals surface area contributed by atoms with Gasteiger partial charge < -0.3 is 10.1 Å². The first-order valence-corrected chi connectivity index (χ1v) is 7.07. The molecule has 2 heterocycles. The van der Waals surface area contributed by atoms with E-state index in [-0.39, 0.29) is 0 Å². The molecule has 1 fully saturated rings. The Labute approximate surface area is 111 Å². The van der Waals surface area contributed by atoms with E-state index in [1.54, 1.807) is 0 Å². The van der Waals surface area contributed by atoms with E-state index < -0.39 is 0 Å². The third kappa shape index (κ3) is 3.96. The average Bonchev–Trinajstić information content (AvgIpc) is 2.33. The SMILES string of the molecule is CCCC1CC(Nc2ccc(Br)nc2)CCO1. The molecule has 0 radical (unpaired) electrons. The highest BCUT2D eigenvalue weighted by Gasteiger charge is 2.21. The highest BCUT2D eigenvalue weighted by atomic mass is 79.9. The van der Waals surface area contributed by atoms with Gasteiger partial charge in [0.1, 0.15) is 4.60 Å². The summed E-state index contributed by atoms with van der Waals surface area (Å²) < 4.78 is 6.62. The summed E-state index contributed by atoms with van der Waals surface area (Å²) in [7, 11) is 0. The van der Waals surface area contributed by atoms with Gasteiger partial charge in [0.2, 0.25) is 0 Å². The van der Waals surface area contributed by atoms with Gasteiger partial charge in [0.15, 0.2) is 0 Å². The predicted octanol–water partition coefficient (Wildman–Crippen LogP) is 3.60. The molecule has 1 aliphatic rings. The van der Waals surface area contributed by atoms with E-state index >= 15 is 0 Å². The first kappa shape index (κ1) is 12.8. The number of halogens is 1. The Bertz CT molecular complexity index is 340. The molecule has 3 nitrogen and oxygen atoms in total. The van der Waals surface area contributed by atoms with Crippen LogP contribution < -0.4 is 5.32 Å². The summed E-state index contributed by atoms with van der Waals surface area (Å²) in [5.74, 6) is 0. The lowest BCUT2D eigenvalue weighted by molar-refractivity contribution is 0.00597. The molecule has 17 heavy (non-hydrogen) atoms. The van der Waals surface area contributed by atoms with Crippen molar-refractivity contribution in [2.24, 2.45) is 0 Å². The number of hydrogen-bond acceptors (Lipinski definition) is 3. The summed E-state index contributed by atoms with van der Waals surface area (Å²) in [5.41, 5.74) is 1.09. The maximum absolute atomic E-state index is 5.74. The predicted molar refractivity (Wildman–Crippen MR) is 73.2 cm³/mol. The molecule has 0 bridgehead atoms. The van der Waals surface area contributed by atoms with E-state index in [1.807, 2.05) is 12.3 Å². The lowest BCUT2D eigenvalue weighted by atomic mass is 10.00. The first-order chi connectivity index (χ1) is 8.28. The maximum Gasteiger partial charge on any atom is 0.106 e. The Morgan fingerprint density at radius 1 is 1.53 bits per heavy atom. The summed E-state index contributed by atoms with van der Waals surface area (Å²) in [6.07, 6.45) is 6.83. The fourth-order valence-corrected chi connectivity index (χ4v) is 2.47. The molecule has 4 heteroatoms. The topological polar surface area (TPSA) is 34.2 Å². The monoisotopic (exact) mass is 298 g/mol. The highest BCUT2D eigenvalue weighted by molar-refractivity contribution is 9.10. The summed E-state index contributed by atoms with van der Waals surface area (Å²) in [5, 5.41) is 3.53. The summed E-state index contributed by atoms with van der Waals surface area (Å²) in [6, 6.07) is 4.54. The van der Waals surface area contributed by atoms with E-state index in [0.717, 1.165) is 36.2 Å². The van der Waals surface area contributed by atoms with E-state index in [0.29, 0.717) is 12.1 Å². The standard InChI is InChI=1S/C13H19BrN2O/c1-2-3-12-8-10(6-7-17-12)16-11-4-5-13(14)15-9-11/h4-5,9-10,12,16H,2-3,6-8H2,1H3. The minimum Gasteiger partial charge on any atom is -0.381 e.